The van der Waals surface area contributed by atoms with Gasteiger partial charge in [-0.05, 0) is 37.8 Å². The first-order chi connectivity index (χ1) is 8.70. The highest BCUT2D eigenvalue weighted by atomic mass is 35.5. The van der Waals surface area contributed by atoms with E-state index in [-0.39, 0.29) is 23.5 Å². The lowest BCUT2D eigenvalue weighted by Crippen LogP contribution is -2.14. The molecule has 0 spiro atoms. The van der Waals surface area contributed by atoms with Crippen LogP contribution in [0, 0.1) is 5.82 Å². The predicted octanol–water partition coefficient (Wildman–Crippen LogP) is 3.37. The minimum absolute atomic E-state index is 0.0667. The molecule has 0 bridgehead atoms. The summed E-state index contributed by atoms with van der Waals surface area (Å²) in [7, 11) is 0. The number of halogens is 2. The summed E-state index contributed by atoms with van der Waals surface area (Å²) in [6.45, 7) is 0. The Labute approximate surface area is 111 Å². The average molecular weight is 271 g/mol. The highest BCUT2D eigenvalue weighted by Crippen LogP contribution is 2.33. The smallest absolute Gasteiger partial charge is 0.152 e. The second kappa shape index (κ2) is 6.05. The first-order valence-corrected chi connectivity index (χ1v) is 6.58. The number of nitrogens with zero attached hydrogens (tertiary/aromatic N) is 1. The Kier molecular flexibility index (Phi) is 4.42. The van der Waals surface area contributed by atoms with Crippen LogP contribution in [-0.4, -0.2) is 17.8 Å². The van der Waals surface area contributed by atoms with Crippen molar-refractivity contribution in [3.05, 3.63) is 24.0 Å². The fraction of sp³-hybridized carbons (Fsp3) is 0.462. The van der Waals surface area contributed by atoms with E-state index in [1.807, 2.05) is 0 Å². The Morgan fingerprint density at radius 2 is 2.17 bits per heavy atom. The van der Waals surface area contributed by atoms with Crippen LogP contribution in [0.1, 0.15) is 25.7 Å². The van der Waals surface area contributed by atoms with Crippen molar-refractivity contribution in [1.29, 1.82) is 0 Å². The Bertz CT molecular complexity index is 445. The van der Waals surface area contributed by atoms with Gasteiger partial charge in [-0.3, -0.25) is 0 Å². The number of ether oxygens (including phenoxy) is 1. The third-order valence-corrected chi connectivity index (χ3v) is 3.21. The summed E-state index contributed by atoms with van der Waals surface area (Å²) in [6, 6.07) is 4.65. The molecule has 0 amide bonds. The first-order valence-electron chi connectivity index (χ1n) is 6.05. The van der Waals surface area contributed by atoms with Gasteiger partial charge in [-0.25, -0.2) is 9.38 Å². The fourth-order valence-electron chi connectivity index (χ4n) is 2.06. The molecule has 0 radical (unpaired) electrons. The predicted molar refractivity (Wildman–Crippen MR) is 71.3 cm³/mol. The molecule has 1 fully saturated rings. The van der Waals surface area contributed by atoms with Crippen LogP contribution in [0.15, 0.2) is 23.2 Å². The highest BCUT2D eigenvalue weighted by molar-refractivity contribution is 6.28. The molecule has 0 atom stereocenters. The van der Waals surface area contributed by atoms with Gasteiger partial charge in [0.2, 0.25) is 0 Å². The fourth-order valence-corrected chi connectivity index (χ4v) is 2.12. The van der Waals surface area contributed by atoms with Gasteiger partial charge in [-0.15, -0.1) is 11.6 Å². The van der Waals surface area contributed by atoms with Crippen LogP contribution in [0.5, 0.6) is 5.75 Å². The first kappa shape index (κ1) is 13.1. The molecular formula is C13H16ClFN2O. The van der Waals surface area contributed by atoms with Crippen molar-refractivity contribution < 1.29 is 9.13 Å². The van der Waals surface area contributed by atoms with Gasteiger partial charge in [0.05, 0.1) is 12.0 Å². The molecule has 2 N–H and O–H groups in total. The van der Waals surface area contributed by atoms with E-state index in [9.17, 15) is 4.39 Å². The molecule has 0 aliphatic heterocycles. The SMILES string of the molecule is NC(CCl)=Nc1c(F)cccc1OC1CCCC1. The normalized spacial score (nSPS) is 17.1. The van der Waals surface area contributed by atoms with Crippen LogP contribution >= 0.6 is 11.6 Å². The zero-order valence-corrected chi connectivity index (χ0v) is 10.8. The standard InChI is InChI=1S/C13H16ClFN2O/c14-8-12(16)17-13-10(15)6-3-7-11(13)18-9-4-1-2-5-9/h3,6-7,9H,1-2,4-5,8H2,(H2,16,17). The molecule has 0 saturated heterocycles. The Morgan fingerprint density at radius 1 is 1.44 bits per heavy atom. The van der Waals surface area contributed by atoms with Gasteiger partial charge in [0, 0.05) is 0 Å². The molecule has 0 aromatic heterocycles. The maximum Gasteiger partial charge on any atom is 0.152 e. The van der Waals surface area contributed by atoms with E-state index in [1.54, 1.807) is 12.1 Å². The number of aliphatic imine (C=N–C) groups is 1. The van der Waals surface area contributed by atoms with Crippen molar-refractivity contribution in [3.8, 4) is 5.75 Å². The monoisotopic (exact) mass is 270 g/mol. The third-order valence-electron chi connectivity index (χ3n) is 2.94. The van der Waals surface area contributed by atoms with Crippen molar-refractivity contribution in [3.63, 3.8) is 0 Å². The number of para-hydroxylation sites is 1. The minimum Gasteiger partial charge on any atom is -0.488 e. The van der Waals surface area contributed by atoms with E-state index in [4.69, 9.17) is 22.1 Å². The summed E-state index contributed by atoms with van der Waals surface area (Å²) >= 11 is 5.56. The Hall–Kier alpha value is -1.29. The van der Waals surface area contributed by atoms with Crippen LogP contribution in [0.3, 0.4) is 0 Å². The second-order valence-electron chi connectivity index (χ2n) is 4.35. The average Bonchev–Trinajstić information content (AvgIpc) is 2.86. The number of hydrogen-bond acceptors (Lipinski definition) is 2. The van der Waals surface area contributed by atoms with Crippen LogP contribution < -0.4 is 10.5 Å². The summed E-state index contributed by atoms with van der Waals surface area (Å²) in [6.07, 6.45) is 4.47. The van der Waals surface area contributed by atoms with Crippen LogP contribution in [0.25, 0.3) is 0 Å². The number of hydrogen-bond donors (Lipinski definition) is 1. The molecule has 18 heavy (non-hydrogen) atoms. The molecule has 98 valence electrons. The van der Waals surface area contributed by atoms with Crippen LogP contribution in [-0.2, 0) is 0 Å². The van der Waals surface area contributed by atoms with Gasteiger partial charge >= 0.3 is 0 Å². The quantitative estimate of drug-likeness (QED) is 0.518. The zero-order chi connectivity index (χ0) is 13.0. The van der Waals surface area contributed by atoms with Crippen molar-refractivity contribution in [2.45, 2.75) is 31.8 Å². The molecule has 1 aliphatic carbocycles. The number of benzene rings is 1. The lowest BCUT2D eigenvalue weighted by molar-refractivity contribution is 0.210. The summed E-state index contributed by atoms with van der Waals surface area (Å²) in [5.74, 6) is 0.239. The molecule has 3 nitrogen and oxygen atoms in total. The topological polar surface area (TPSA) is 47.6 Å². The molecule has 1 saturated carbocycles. The van der Waals surface area contributed by atoms with E-state index in [0.29, 0.717) is 5.75 Å². The number of rotatable bonds is 4. The van der Waals surface area contributed by atoms with Gasteiger partial charge in [-0.2, -0.15) is 0 Å². The van der Waals surface area contributed by atoms with Crippen molar-refractivity contribution >= 4 is 23.1 Å². The van der Waals surface area contributed by atoms with Crippen molar-refractivity contribution in [1.82, 2.24) is 0 Å². The lowest BCUT2D eigenvalue weighted by Gasteiger charge is -2.15. The van der Waals surface area contributed by atoms with Gasteiger partial charge in [0.25, 0.3) is 0 Å². The maximum absolute atomic E-state index is 13.7. The summed E-state index contributed by atoms with van der Waals surface area (Å²) < 4.78 is 19.5. The Balaban J connectivity index is 2.25. The van der Waals surface area contributed by atoms with Crippen LogP contribution in [0.2, 0.25) is 0 Å². The zero-order valence-electron chi connectivity index (χ0n) is 10.0. The number of nitrogens with two attached hydrogens (primary N) is 1. The Morgan fingerprint density at radius 3 is 2.83 bits per heavy atom. The second-order valence-corrected chi connectivity index (χ2v) is 4.61. The van der Waals surface area contributed by atoms with Gasteiger partial charge < -0.3 is 10.5 Å². The molecule has 1 aliphatic rings. The number of amidine groups is 1. The molecule has 1 aromatic carbocycles. The summed E-state index contributed by atoms with van der Waals surface area (Å²) in [5.41, 5.74) is 5.69. The third kappa shape index (κ3) is 3.13. The molecule has 5 heteroatoms. The molecule has 1 aromatic rings. The van der Waals surface area contributed by atoms with Gasteiger partial charge in [0.15, 0.2) is 5.82 Å². The van der Waals surface area contributed by atoms with Crippen LogP contribution in [0.4, 0.5) is 10.1 Å². The minimum atomic E-state index is -0.446. The largest absolute Gasteiger partial charge is 0.488 e. The van der Waals surface area contributed by atoms with E-state index in [2.05, 4.69) is 4.99 Å². The molecule has 0 heterocycles. The van der Waals surface area contributed by atoms with E-state index in [1.165, 1.54) is 6.07 Å². The van der Waals surface area contributed by atoms with E-state index in [0.717, 1.165) is 25.7 Å². The molecule has 0 unspecified atom stereocenters. The van der Waals surface area contributed by atoms with Crippen molar-refractivity contribution in [2.75, 3.05) is 5.88 Å². The van der Waals surface area contributed by atoms with Crippen molar-refractivity contribution in [2.24, 2.45) is 10.7 Å². The highest BCUT2D eigenvalue weighted by Gasteiger charge is 2.19. The van der Waals surface area contributed by atoms with E-state index >= 15 is 0 Å². The van der Waals surface area contributed by atoms with E-state index < -0.39 is 5.82 Å². The summed E-state index contributed by atoms with van der Waals surface area (Å²) in [4.78, 5) is 3.98. The van der Waals surface area contributed by atoms with Gasteiger partial charge in [0.1, 0.15) is 17.3 Å². The summed E-state index contributed by atoms with van der Waals surface area (Å²) in [5, 5.41) is 0. The number of alkyl halides is 1. The maximum atomic E-state index is 13.7. The lowest BCUT2D eigenvalue weighted by atomic mass is 10.2. The molecular weight excluding hydrogens is 255 g/mol. The molecule has 2 rings (SSSR count). The van der Waals surface area contributed by atoms with Gasteiger partial charge in [-0.1, -0.05) is 6.07 Å².